The van der Waals surface area contributed by atoms with Crippen LogP contribution in [-0.4, -0.2) is 49.3 Å². The molecule has 1 aromatic carbocycles. The molecular weight excluding hydrogens is 351 g/mol. The van der Waals surface area contributed by atoms with Gasteiger partial charge in [0, 0.05) is 13.1 Å². The second kappa shape index (κ2) is 8.77. The second-order valence-corrected chi connectivity index (χ2v) is 5.99. The number of likely N-dealkylation sites (tertiary alicyclic amines) is 1. The number of amides is 2. The molecule has 0 saturated carbocycles. The molecule has 1 aliphatic rings. The maximum atomic E-state index is 12.5. The summed E-state index contributed by atoms with van der Waals surface area (Å²) in [5.74, 6) is -0.774. The fourth-order valence-electron chi connectivity index (χ4n) is 2.75. The van der Waals surface area contributed by atoms with E-state index >= 15 is 0 Å². The Morgan fingerprint density at radius 3 is 2.62 bits per heavy atom. The van der Waals surface area contributed by atoms with Crippen molar-refractivity contribution in [3.63, 3.8) is 0 Å². The van der Waals surface area contributed by atoms with E-state index in [4.69, 9.17) is 4.74 Å². The molecule has 1 heterocycles. The van der Waals surface area contributed by atoms with Crippen LogP contribution in [-0.2, 0) is 9.53 Å². The average molecular weight is 373 g/mol. The number of nitrogens with zero attached hydrogens (tertiary/aromatic N) is 1. The number of alkyl halides is 3. The van der Waals surface area contributed by atoms with Gasteiger partial charge in [-0.05, 0) is 31.9 Å². The minimum atomic E-state index is -4.36. The number of piperidine rings is 1. The molecule has 0 bridgehead atoms. The summed E-state index contributed by atoms with van der Waals surface area (Å²) >= 11 is 0. The van der Waals surface area contributed by atoms with Crippen molar-refractivity contribution < 1.29 is 27.5 Å². The van der Waals surface area contributed by atoms with Crippen LogP contribution >= 0.6 is 0 Å². The van der Waals surface area contributed by atoms with Gasteiger partial charge < -0.3 is 20.3 Å². The largest absolute Gasteiger partial charge is 0.450 e. The standard InChI is InChI=1S/C17H22F3N3O3/c1-2-26-16(25)23-9-5-6-12(10-23)15(24)22-14-8-4-3-7-13(14)21-11-17(18,19)20/h3-4,7-8,12,21H,2,5-6,9-11H2,1H3,(H,22,24)/t12-/m0/s1. The molecule has 2 rings (SSSR count). The molecule has 0 unspecified atom stereocenters. The molecule has 6 nitrogen and oxygen atoms in total. The quantitative estimate of drug-likeness (QED) is 0.829. The van der Waals surface area contributed by atoms with Gasteiger partial charge in [0.05, 0.1) is 23.9 Å². The van der Waals surface area contributed by atoms with E-state index in [2.05, 4.69) is 10.6 Å². The highest BCUT2D eigenvalue weighted by atomic mass is 19.4. The van der Waals surface area contributed by atoms with Crippen molar-refractivity contribution in [2.75, 3.05) is 36.9 Å². The van der Waals surface area contributed by atoms with Crippen LogP contribution in [0.25, 0.3) is 0 Å². The number of halogens is 3. The topological polar surface area (TPSA) is 70.7 Å². The predicted octanol–water partition coefficient (Wildman–Crippen LogP) is 3.47. The number of ether oxygens (including phenoxy) is 1. The Balaban J connectivity index is 2.00. The van der Waals surface area contributed by atoms with Gasteiger partial charge in [0.1, 0.15) is 6.54 Å². The number of hydrogen-bond donors (Lipinski definition) is 2. The number of benzene rings is 1. The molecule has 26 heavy (non-hydrogen) atoms. The monoisotopic (exact) mass is 373 g/mol. The number of nitrogens with one attached hydrogen (secondary N) is 2. The van der Waals surface area contributed by atoms with E-state index in [9.17, 15) is 22.8 Å². The molecule has 0 aromatic heterocycles. The van der Waals surface area contributed by atoms with Gasteiger partial charge in [-0.2, -0.15) is 13.2 Å². The van der Waals surface area contributed by atoms with Gasteiger partial charge in [0.25, 0.3) is 0 Å². The molecule has 9 heteroatoms. The van der Waals surface area contributed by atoms with E-state index in [1.165, 1.54) is 17.0 Å². The molecule has 1 atom stereocenters. The summed E-state index contributed by atoms with van der Waals surface area (Å²) < 4.78 is 42.2. The molecule has 1 aliphatic heterocycles. The van der Waals surface area contributed by atoms with Gasteiger partial charge in [0.2, 0.25) is 5.91 Å². The Morgan fingerprint density at radius 2 is 1.96 bits per heavy atom. The van der Waals surface area contributed by atoms with Gasteiger partial charge in [-0.3, -0.25) is 4.79 Å². The highest BCUT2D eigenvalue weighted by Gasteiger charge is 2.30. The lowest BCUT2D eigenvalue weighted by molar-refractivity contribution is -0.121. The van der Waals surface area contributed by atoms with E-state index in [0.29, 0.717) is 19.4 Å². The van der Waals surface area contributed by atoms with E-state index in [1.807, 2.05) is 0 Å². The zero-order valence-electron chi connectivity index (χ0n) is 14.4. The van der Waals surface area contributed by atoms with Crippen LogP contribution in [0.1, 0.15) is 19.8 Å². The van der Waals surface area contributed by atoms with Crippen molar-refractivity contribution in [1.29, 1.82) is 0 Å². The van der Waals surface area contributed by atoms with E-state index < -0.39 is 24.7 Å². The fourth-order valence-corrected chi connectivity index (χ4v) is 2.75. The van der Waals surface area contributed by atoms with Crippen LogP contribution < -0.4 is 10.6 Å². The Labute approximate surface area is 149 Å². The van der Waals surface area contributed by atoms with Gasteiger partial charge in [0.15, 0.2) is 0 Å². The summed E-state index contributed by atoms with van der Waals surface area (Å²) in [6.07, 6.45) is -3.57. The molecular formula is C17H22F3N3O3. The molecule has 1 saturated heterocycles. The molecule has 144 valence electrons. The minimum Gasteiger partial charge on any atom is -0.450 e. The van der Waals surface area contributed by atoms with Crippen molar-refractivity contribution in [2.45, 2.75) is 25.9 Å². The summed E-state index contributed by atoms with van der Waals surface area (Å²) in [4.78, 5) is 25.8. The molecule has 0 radical (unpaired) electrons. The molecule has 2 amide bonds. The third kappa shape index (κ3) is 5.82. The summed E-state index contributed by atoms with van der Waals surface area (Å²) in [5, 5.41) is 4.94. The third-order valence-electron chi connectivity index (χ3n) is 3.98. The van der Waals surface area contributed by atoms with E-state index in [-0.39, 0.29) is 30.4 Å². The van der Waals surface area contributed by atoms with Crippen LogP contribution in [0.5, 0.6) is 0 Å². The maximum absolute atomic E-state index is 12.5. The highest BCUT2D eigenvalue weighted by Crippen LogP contribution is 2.25. The van der Waals surface area contributed by atoms with Gasteiger partial charge in [-0.1, -0.05) is 12.1 Å². The SMILES string of the molecule is CCOC(=O)N1CCC[C@H](C(=O)Nc2ccccc2NCC(F)(F)F)C1. The van der Waals surface area contributed by atoms with Crippen molar-refractivity contribution in [3.05, 3.63) is 24.3 Å². The average Bonchev–Trinajstić information content (AvgIpc) is 2.60. The van der Waals surface area contributed by atoms with Crippen molar-refractivity contribution >= 4 is 23.4 Å². The van der Waals surface area contributed by atoms with Crippen LogP contribution in [0.15, 0.2) is 24.3 Å². The first-order valence-electron chi connectivity index (χ1n) is 8.42. The lowest BCUT2D eigenvalue weighted by Gasteiger charge is -2.31. The Hall–Kier alpha value is -2.45. The first-order valence-corrected chi connectivity index (χ1v) is 8.42. The Morgan fingerprint density at radius 1 is 1.27 bits per heavy atom. The highest BCUT2D eigenvalue weighted by molar-refractivity contribution is 5.96. The third-order valence-corrected chi connectivity index (χ3v) is 3.98. The molecule has 1 fully saturated rings. The van der Waals surface area contributed by atoms with Crippen LogP contribution in [0.3, 0.4) is 0 Å². The molecule has 0 spiro atoms. The molecule has 1 aromatic rings. The number of para-hydroxylation sites is 2. The fraction of sp³-hybridized carbons (Fsp3) is 0.529. The number of carbonyl (C=O) groups excluding carboxylic acids is 2. The first kappa shape index (κ1) is 19.9. The normalized spacial score (nSPS) is 17.5. The summed E-state index contributed by atoms with van der Waals surface area (Å²) in [7, 11) is 0. The van der Waals surface area contributed by atoms with E-state index in [0.717, 1.165) is 0 Å². The van der Waals surface area contributed by atoms with Crippen LogP contribution in [0, 0.1) is 5.92 Å². The van der Waals surface area contributed by atoms with Gasteiger partial charge in [-0.25, -0.2) is 4.79 Å². The number of anilines is 2. The van der Waals surface area contributed by atoms with Gasteiger partial charge in [-0.15, -0.1) is 0 Å². The predicted molar refractivity (Wildman–Crippen MR) is 90.9 cm³/mol. The number of hydrogen-bond acceptors (Lipinski definition) is 4. The zero-order valence-corrected chi connectivity index (χ0v) is 14.4. The van der Waals surface area contributed by atoms with Crippen molar-refractivity contribution in [3.8, 4) is 0 Å². The van der Waals surface area contributed by atoms with Crippen molar-refractivity contribution in [1.82, 2.24) is 4.90 Å². The second-order valence-electron chi connectivity index (χ2n) is 5.99. The first-order chi connectivity index (χ1) is 12.3. The zero-order chi connectivity index (χ0) is 19.2. The van der Waals surface area contributed by atoms with Crippen LogP contribution in [0.4, 0.5) is 29.3 Å². The maximum Gasteiger partial charge on any atom is 0.409 e. The van der Waals surface area contributed by atoms with E-state index in [1.54, 1.807) is 19.1 Å². The summed E-state index contributed by atoms with van der Waals surface area (Å²) in [5.41, 5.74) is 0.464. The summed E-state index contributed by atoms with van der Waals surface area (Å²) in [6.45, 7) is 1.51. The molecule has 2 N–H and O–H groups in total. The molecule has 0 aliphatic carbocycles. The Bertz CT molecular complexity index is 637. The van der Waals surface area contributed by atoms with Crippen LogP contribution in [0.2, 0.25) is 0 Å². The number of carbonyl (C=O) groups is 2. The lowest BCUT2D eigenvalue weighted by atomic mass is 9.97. The number of rotatable bonds is 5. The smallest absolute Gasteiger partial charge is 0.409 e. The van der Waals surface area contributed by atoms with Crippen molar-refractivity contribution in [2.24, 2.45) is 5.92 Å². The Kier molecular flexibility index (Phi) is 6.70. The summed E-state index contributed by atoms with van der Waals surface area (Å²) in [6, 6.07) is 6.20. The lowest BCUT2D eigenvalue weighted by Crippen LogP contribution is -2.44. The van der Waals surface area contributed by atoms with Gasteiger partial charge >= 0.3 is 12.3 Å². The minimum absolute atomic E-state index is 0.191.